The van der Waals surface area contributed by atoms with E-state index in [0.29, 0.717) is 26.2 Å². The molecule has 1 aromatic rings. The maximum Gasteiger partial charge on any atom is 0.254 e. The van der Waals surface area contributed by atoms with E-state index in [2.05, 4.69) is 0 Å². The predicted octanol–water partition coefficient (Wildman–Crippen LogP) is 0.0411. The Labute approximate surface area is 122 Å². The number of halogens is 1. The standard InChI is InChI=1S/C14H19FN4O2/c15-11-8-10(2-3-12(11)16)14(21)19-5-1-4-18(6-7-19)9-13(17)20/h2-3,8H,1,4-7,9,16H2,(H2,17,20). The Morgan fingerprint density at radius 2 is 1.95 bits per heavy atom. The van der Waals surface area contributed by atoms with Gasteiger partial charge < -0.3 is 16.4 Å². The van der Waals surface area contributed by atoms with E-state index in [0.717, 1.165) is 12.5 Å². The minimum absolute atomic E-state index is 0.0232. The molecule has 2 amide bonds. The lowest BCUT2D eigenvalue weighted by atomic mass is 10.1. The highest BCUT2D eigenvalue weighted by Crippen LogP contribution is 2.15. The van der Waals surface area contributed by atoms with Crippen molar-refractivity contribution >= 4 is 17.5 Å². The molecule has 1 aliphatic heterocycles. The van der Waals surface area contributed by atoms with Crippen LogP contribution in [0.4, 0.5) is 10.1 Å². The van der Waals surface area contributed by atoms with Crippen molar-refractivity contribution in [3.8, 4) is 0 Å². The second kappa shape index (κ2) is 6.53. The van der Waals surface area contributed by atoms with Crippen LogP contribution in [0.2, 0.25) is 0 Å². The maximum atomic E-state index is 13.4. The van der Waals surface area contributed by atoms with E-state index in [-0.39, 0.29) is 29.6 Å². The SMILES string of the molecule is NC(=O)CN1CCCN(C(=O)c2ccc(N)c(F)c2)CC1. The van der Waals surface area contributed by atoms with Gasteiger partial charge in [-0.1, -0.05) is 0 Å². The fourth-order valence-corrected chi connectivity index (χ4v) is 2.40. The van der Waals surface area contributed by atoms with Crippen LogP contribution in [0.25, 0.3) is 0 Å². The van der Waals surface area contributed by atoms with E-state index in [1.54, 1.807) is 4.90 Å². The molecule has 1 aromatic carbocycles. The molecule has 6 nitrogen and oxygen atoms in total. The zero-order valence-corrected chi connectivity index (χ0v) is 11.7. The topological polar surface area (TPSA) is 92.7 Å². The summed E-state index contributed by atoms with van der Waals surface area (Å²) >= 11 is 0. The normalized spacial score (nSPS) is 16.5. The number of nitrogens with two attached hydrogens (primary N) is 2. The lowest BCUT2D eigenvalue weighted by Gasteiger charge is -2.21. The minimum atomic E-state index is -0.592. The molecular weight excluding hydrogens is 275 g/mol. The van der Waals surface area contributed by atoms with Crippen molar-refractivity contribution in [2.75, 3.05) is 38.5 Å². The highest BCUT2D eigenvalue weighted by Gasteiger charge is 2.21. The van der Waals surface area contributed by atoms with Gasteiger partial charge in [-0.25, -0.2) is 4.39 Å². The largest absolute Gasteiger partial charge is 0.396 e. The lowest BCUT2D eigenvalue weighted by molar-refractivity contribution is -0.119. The number of carbonyl (C=O) groups excluding carboxylic acids is 2. The summed E-state index contributed by atoms with van der Waals surface area (Å²) in [5.41, 5.74) is 10.9. The summed E-state index contributed by atoms with van der Waals surface area (Å²) in [5, 5.41) is 0. The first-order valence-electron chi connectivity index (χ1n) is 6.82. The van der Waals surface area contributed by atoms with Crippen LogP contribution in [0, 0.1) is 5.82 Å². The van der Waals surface area contributed by atoms with Gasteiger partial charge >= 0.3 is 0 Å². The predicted molar refractivity (Wildman–Crippen MR) is 77.0 cm³/mol. The van der Waals surface area contributed by atoms with Crippen LogP contribution in [0.1, 0.15) is 16.8 Å². The van der Waals surface area contributed by atoms with Crippen molar-refractivity contribution in [1.82, 2.24) is 9.80 Å². The molecule has 2 rings (SSSR count). The van der Waals surface area contributed by atoms with Crippen LogP contribution in [0.15, 0.2) is 18.2 Å². The minimum Gasteiger partial charge on any atom is -0.396 e. The third kappa shape index (κ3) is 3.91. The van der Waals surface area contributed by atoms with Gasteiger partial charge in [-0.2, -0.15) is 0 Å². The van der Waals surface area contributed by atoms with Crippen LogP contribution in [-0.4, -0.2) is 54.3 Å². The molecule has 0 bridgehead atoms. The molecule has 21 heavy (non-hydrogen) atoms. The Hall–Kier alpha value is -2.15. The van der Waals surface area contributed by atoms with Gasteiger partial charge in [0.2, 0.25) is 5.91 Å². The highest BCUT2D eigenvalue weighted by atomic mass is 19.1. The first-order chi connectivity index (χ1) is 9.97. The number of primary amides is 1. The van der Waals surface area contributed by atoms with Gasteiger partial charge in [0.1, 0.15) is 5.82 Å². The zero-order valence-electron chi connectivity index (χ0n) is 11.7. The van der Waals surface area contributed by atoms with Crippen molar-refractivity contribution in [3.05, 3.63) is 29.6 Å². The number of benzene rings is 1. The second-order valence-corrected chi connectivity index (χ2v) is 5.12. The molecule has 0 saturated carbocycles. The number of rotatable bonds is 3. The fourth-order valence-electron chi connectivity index (χ4n) is 2.40. The number of hydrogen-bond donors (Lipinski definition) is 2. The molecule has 0 atom stereocenters. The molecule has 0 unspecified atom stereocenters. The second-order valence-electron chi connectivity index (χ2n) is 5.12. The Morgan fingerprint density at radius 1 is 1.19 bits per heavy atom. The molecule has 7 heteroatoms. The molecule has 0 radical (unpaired) electrons. The van der Waals surface area contributed by atoms with Crippen LogP contribution in [-0.2, 0) is 4.79 Å². The summed E-state index contributed by atoms with van der Waals surface area (Å²) in [6.07, 6.45) is 0.747. The number of nitrogen functional groups attached to an aromatic ring is 1. The molecule has 0 aliphatic carbocycles. The number of amides is 2. The van der Waals surface area contributed by atoms with E-state index < -0.39 is 5.82 Å². The summed E-state index contributed by atoms with van der Waals surface area (Å²) in [4.78, 5) is 26.9. The third-order valence-corrected chi connectivity index (χ3v) is 3.50. The number of anilines is 1. The highest BCUT2D eigenvalue weighted by molar-refractivity contribution is 5.94. The average molecular weight is 294 g/mol. The van der Waals surface area contributed by atoms with E-state index in [1.165, 1.54) is 12.1 Å². The Balaban J connectivity index is 2.02. The quantitative estimate of drug-likeness (QED) is 0.770. The van der Waals surface area contributed by atoms with E-state index in [4.69, 9.17) is 11.5 Å². The molecule has 1 fully saturated rings. The Kier molecular flexibility index (Phi) is 4.74. The lowest BCUT2D eigenvalue weighted by Crippen LogP contribution is -2.38. The summed E-state index contributed by atoms with van der Waals surface area (Å²) in [6.45, 7) is 2.53. The summed E-state index contributed by atoms with van der Waals surface area (Å²) < 4.78 is 13.4. The Morgan fingerprint density at radius 3 is 2.62 bits per heavy atom. The van der Waals surface area contributed by atoms with Crippen molar-refractivity contribution < 1.29 is 14.0 Å². The van der Waals surface area contributed by atoms with Crippen molar-refractivity contribution in [1.29, 1.82) is 0 Å². The summed E-state index contributed by atoms with van der Waals surface area (Å²) in [7, 11) is 0. The van der Waals surface area contributed by atoms with Gasteiger partial charge in [0.25, 0.3) is 5.91 Å². The van der Waals surface area contributed by atoms with Crippen molar-refractivity contribution in [2.24, 2.45) is 5.73 Å². The van der Waals surface area contributed by atoms with Gasteiger partial charge in [-0.05, 0) is 24.6 Å². The van der Waals surface area contributed by atoms with Crippen LogP contribution >= 0.6 is 0 Å². The van der Waals surface area contributed by atoms with Gasteiger partial charge in [0.15, 0.2) is 0 Å². The smallest absolute Gasteiger partial charge is 0.254 e. The van der Waals surface area contributed by atoms with E-state index in [9.17, 15) is 14.0 Å². The molecular formula is C14H19FN4O2. The Bertz CT molecular complexity index is 550. The molecule has 1 heterocycles. The van der Waals surface area contributed by atoms with Crippen LogP contribution in [0.3, 0.4) is 0 Å². The zero-order chi connectivity index (χ0) is 15.4. The maximum absolute atomic E-state index is 13.4. The van der Waals surface area contributed by atoms with Crippen LogP contribution < -0.4 is 11.5 Å². The molecule has 4 N–H and O–H groups in total. The number of carbonyl (C=O) groups is 2. The monoisotopic (exact) mass is 294 g/mol. The molecule has 114 valence electrons. The molecule has 1 saturated heterocycles. The molecule has 0 spiro atoms. The van der Waals surface area contributed by atoms with Gasteiger partial charge in [-0.3, -0.25) is 14.5 Å². The first kappa shape index (κ1) is 15.2. The van der Waals surface area contributed by atoms with Gasteiger partial charge in [0.05, 0.1) is 12.2 Å². The first-order valence-corrected chi connectivity index (χ1v) is 6.82. The van der Waals surface area contributed by atoms with Gasteiger partial charge in [0, 0.05) is 31.7 Å². The van der Waals surface area contributed by atoms with E-state index >= 15 is 0 Å². The number of nitrogens with zero attached hydrogens (tertiary/aromatic N) is 2. The third-order valence-electron chi connectivity index (χ3n) is 3.50. The summed E-state index contributed by atoms with van der Waals surface area (Å²) in [5.74, 6) is -1.20. The number of hydrogen-bond acceptors (Lipinski definition) is 4. The van der Waals surface area contributed by atoms with E-state index in [1.807, 2.05) is 4.90 Å². The molecule has 1 aliphatic rings. The summed E-state index contributed by atoms with van der Waals surface area (Å²) in [6, 6.07) is 4.07. The van der Waals surface area contributed by atoms with Crippen molar-refractivity contribution in [3.63, 3.8) is 0 Å². The molecule has 0 aromatic heterocycles. The van der Waals surface area contributed by atoms with Crippen molar-refractivity contribution in [2.45, 2.75) is 6.42 Å². The fraction of sp³-hybridized carbons (Fsp3) is 0.429. The van der Waals surface area contributed by atoms with Gasteiger partial charge in [-0.15, -0.1) is 0 Å². The average Bonchev–Trinajstić information content (AvgIpc) is 2.66. The van der Waals surface area contributed by atoms with Crippen LogP contribution in [0.5, 0.6) is 0 Å².